The summed E-state index contributed by atoms with van der Waals surface area (Å²) >= 11 is 0. The first kappa shape index (κ1) is 43.2. The number of hydrogen-bond donors (Lipinski definition) is 5. The van der Waals surface area contributed by atoms with E-state index >= 15 is 0 Å². The Morgan fingerprint density at radius 2 is 1.02 bits per heavy atom. The summed E-state index contributed by atoms with van der Waals surface area (Å²) in [6.45, 7) is 20.9. The van der Waals surface area contributed by atoms with Gasteiger partial charge in [-0.3, -0.25) is 9.69 Å². The summed E-state index contributed by atoms with van der Waals surface area (Å²) in [5.74, 6) is -0.189. The molecule has 3 heterocycles. The van der Waals surface area contributed by atoms with E-state index in [2.05, 4.69) is 20.4 Å². The van der Waals surface area contributed by atoms with Crippen molar-refractivity contribution in [1.82, 2.24) is 25.3 Å². The molecule has 6 N–H and O–H groups in total. The number of aliphatic hydroxyl groups is 2. The lowest BCUT2D eigenvalue weighted by Crippen LogP contribution is -2.47. The molecule has 0 spiro atoms. The van der Waals surface area contributed by atoms with Gasteiger partial charge in [-0.1, -0.05) is 0 Å². The summed E-state index contributed by atoms with van der Waals surface area (Å²) in [6.07, 6.45) is 8.83. The number of esters is 1. The number of nitrogens with zero attached hydrogens (tertiary/aromatic N) is 3. The molecule has 0 aromatic heterocycles. The minimum atomic E-state index is -0.477. The van der Waals surface area contributed by atoms with Crippen LogP contribution in [0, 0.1) is 0 Å². The maximum absolute atomic E-state index is 11.7. The smallest absolute Gasteiger partial charge is 0.407 e. The third kappa shape index (κ3) is 18.9. The van der Waals surface area contributed by atoms with E-state index in [0.717, 1.165) is 117 Å². The van der Waals surface area contributed by atoms with E-state index < -0.39 is 16.8 Å². The van der Waals surface area contributed by atoms with Crippen molar-refractivity contribution in [3.8, 4) is 0 Å². The fourth-order valence-electron chi connectivity index (χ4n) is 6.36. The van der Waals surface area contributed by atoms with Gasteiger partial charge in [-0.25, -0.2) is 9.59 Å². The maximum Gasteiger partial charge on any atom is 0.407 e. The average molecular weight is 727 g/mol. The van der Waals surface area contributed by atoms with Gasteiger partial charge in [0, 0.05) is 57.4 Å². The Morgan fingerprint density at radius 1 is 0.667 bits per heavy atom. The molecule has 0 aromatic rings. The van der Waals surface area contributed by atoms with Gasteiger partial charge in [0.1, 0.15) is 11.2 Å². The Morgan fingerprint density at radius 3 is 1.35 bits per heavy atom. The molecule has 0 aromatic carbocycles. The van der Waals surface area contributed by atoms with Gasteiger partial charge >= 0.3 is 18.2 Å². The second-order valence-electron chi connectivity index (χ2n) is 17.3. The van der Waals surface area contributed by atoms with E-state index in [4.69, 9.17) is 19.9 Å². The molecule has 2 amide bonds. The lowest BCUT2D eigenvalue weighted by atomic mass is 10.0. The third-order valence-electron chi connectivity index (χ3n) is 9.60. The molecule has 51 heavy (non-hydrogen) atoms. The molecule has 296 valence electrons. The Bertz CT molecular complexity index is 1080. The SMILES string of the molecule is CC(C)(C)OC(=O)NC1CCN(CC2(O)CC2)CC1.CCOC(=O)CN1CCC(NC(=O)OC(C)(C)C)CC1.NC1CCN(CC2(O)CC2)CC1. The van der Waals surface area contributed by atoms with Crippen LogP contribution in [0.1, 0.15) is 113 Å². The molecule has 0 atom stereocenters. The summed E-state index contributed by atoms with van der Waals surface area (Å²) < 4.78 is 15.4. The van der Waals surface area contributed by atoms with E-state index in [0.29, 0.717) is 19.2 Å². The summed E-state index contributed by atoms with van der Waals surface area (Å²) in [6, 6.07) is 0.707. The molecular formula is C37H70N6O8. The molecule has 5 fully saturated rings. The minimum absolute atomic E-state index is 0.114. The second kappa shape index (κ2) is 19.2. The molecule has 14 nitrogen and oxygen atoms in total. The van der Waals surface area contributed by atoms with Crippen LogP contribution in [0.4, 0.5) is 9.59 Å². The van der Waals surface area contributed by atoms with Crippen LogP contribution in [0.3, 0.4) is 0 Å². The Hall–Kier alpha value is -2.23. The number of piperidine rings is 3. The van der Waals surface area contributed by atoms with Crippen LogP contribution < -0.4 is 16.4 Å². The number of β-amino-alcohol motifs (C(OH)–C–C–N with tert-alkyl or cyclic N) is 2. The predicted octanol–water partition coefficient (Wildman–Crippen LogP) is 2.97. The van der Waals surface area contributed by atoms with Crippen molar-refractivity contribution in [2.24, 2.45) is 5.73 Å². The number of carbonyl (C=O) groups excluding carboxylic acids is 3. The Balaban J connectivity index is 0.000000212. The number of nitrogens with one attached hydrogen (secondary N) is 2. The largest absolute Gasteiger partial charge is 0.465 e. The highest BCUT2D eigenvalue weighted by Gasteiger charge is 2.43. The zero-order valence-corrected chi connectivity index (χ0v) is 32.6. The Labute approximate surface area is 306 Å². The first-order chi connectivity index (χ1) is 23.7. The van der Waals surface area contributed by atoms with Crippen LogP contribution in [-0.2, 0) is 19.0 Å². The van der Waals surface area contributed by atoms with Gasteiger partial charge in [0.2, 0.25) is 0 Å². The van der Waals surface area contributed by atoms with Crippen LogP contribution in [0.25, 0.3) is 0 Å². The zero-order chi connectivity index (χ0) is 37.9. The number of likely N-dealkylation sites (tertiary alicyclic amines) is 3. The number of carbonyl (C=O) groups is 3. The van der Waals surface area contributed by atoms with Crippen molar-refractivity contribution in [2.45, 2.75) is 153 Å². The lowest BCUT2D eigenvalue weighted by Gasteiger charge is -2.33. The molecule has 5 aliphatic rings. The molecule has 0 bridgehead atoms. The van der Waals surface area contributed by atoms with Gasteiger partial charge in [-0.15, -0.1) is 0 Å². The number of amides is 2. The van der Waals surface area contributed by atoms with Crippen molar-refractivity contribution >= 4 is 18.2 Å². The fourth-order valence-corrected chi connectivity index (χ4v) is 6.36. The molecule has 3 aliphatic heterocycles. The lowest BCUT2D eigenvalue weighted by molar-refractivity contribution is -0.144. The summed E-state index contributed by atoms with van der Waals surface area (Å²) in [4.78, 5) is 41.4. The van der Waals surface area contributed by atoms with Crippen LogP contribution in [0.15, 0.2) is 0 Å². The molecule has 5 rings (SSSR count). The molecular weight excluding hydrogens is 656 g/mol. The molecule has 3 saturated heterocycles. The van der Waals surface area contributed by atoms with Gasteiger partial charge in [0.25, 0.3) is 0 Å². The van der Waals surface area contributed by atoms with E-state index in [1.807, 2.05) is 46.4 Å². The highest BCUT2D eigenvalue weighted by molar-refractivity contribution is 5.71. The minimum Gasteiger partial charge on any atom is -0.465 e. The number of ether oxygens (including phenoxy) is 3. The normalized spacial score (nSPS) is 23.0. The average Bonchev–Trinajstić information content (AvgIpc) is 3.93. The van der Waals surface area contributed by atoms with Crippen molar-refractivity contribution < 1.29 is 38.8 Å². The zero-order valence-electron chi connectivity index (χ0n) is 32.6. The molecule has 0 unspecified atom stereocenters. The number of nitrogens with two attached hydrogens (primary N) is 1. The fraction of sp³-hybridized carbons (Fsp3) is 0.919. The monoisotopic (exact) mass is 727 g/mol. The van der Waals surface area contributed by atoms with Crippen molar-refractivity contribution in [2.75, 3.05) is 65.5 Å². The number of rotatable bonds is 9. The van der Waals surface area contributed by atoms with Crippen LogP contribution in [0.5, 0.6) is 0 Å². The maximum atomic E-state index is 11.7. The van der Waals surface area contributed by atoms with Crippen molar-refractivity contribution in [3.63, 3.8) is 0 Å². The van der Waals surface area contributed by atoms with Gasteiger partial charge in [0.15, 0.2) is 0 Å². The van der Waals surface area contributed by atoms with Crippen LogP contribution >= 0.6 is 0 Å². The predicted molar refractivity (Wildman–Crippen MR) is 196 cm³/mol. The van der Waals surface area contributed by atoms with Crippen molar-refractivity contribution in [3.05, 3.63) is 0 Å². The summed E-state index contributed by atoms with van der Waals surface area (Å²) in [5, 5.41) is 25.4. The molecule has 2 aliphatic carbocycles. The summed E-state index contributed by atoms with van der Waals surface area (Å²) in [7, 11) is 0. The van der Waals surface area contributed by atoms with E-state index in [1.54, 1.807) is 6.92 Å². The van der Waals surface area contributed by atoms with Gasteiger partial charge in [0.05, 0.1) is 24.4 Å². The molecule has 0 radical (unpaired) electrons. The summed E-state index contributed by atoms with van der Waals surface area (Å²) in [5.41, 5.74) is 4.14. The first-order valence-electron chi connectivity index (χ1n) is 19.3. The molecule has 2 saturated carbocycles. The third-order valence-corrected chi connectivity index (χ3v) is 9.60. The van der Waals surface area contributed by atoms with E-state index in [-0.39, 0.29) is 35.8 Å². The van der Waals surface area contributed by atoms with Crippen LogP contribution in [-0.4, -0.2) is 149 Å². The van der Waals surface area contributed by atoms with Gasteiger partial charge < -0.3 is 50.6 Å². The highest BCUT2D eigenvalue weighted by Crippen LogP contribution is 2.37. The first-order valence-corrected chi connectivity index (χ1v) is 19.3. The van der Waals surface area contributed by atoms with Gasteiger partial charge in [-0.2, -0.15) is 0 Å². The second-order valence-corrected chi connectivity index (χ2v) is 17.3. The number of alkyl carbamates (subject to hydrolysis) is 2. The topological polar surface area (TPSA) is 179 Å². The Kier molecular flexibility index (Phi) is 16.3. The highest BCUT2D eigenvalue weighted by atomic mass is 16.6. The number of hydrogen-bond acceptors (Lipinski definition) is 12. The van der Waals surface area contributed by atoms with Crippen molar-refractivity contribution in [1.29, 1.82) is 0 Å². The van der Waals surface area contributed by atoms with E-state index in [1.165, 1.54) is 0 Å². The quantitative estimate of drug-likeness (QED) is 0.174. The van der Waals surface area contributed by atoms with E-state index in [9.17, 15) is 24.6 Å². The molecule has 14 heteroatoms. The standard InChI is InChI=1S/C14H26N2O4.C14H26N2O3.C9H18N2O/c1-5-19-12(17)10-16-8-6-11(7-9-16)15-13(18)20-14(2,3)4;1-13(2,3)19-12(17)15-11-4-8-16(9-5-11)10-14(18)6-7-14;10-8-1-5-11(6-2-8)7-9(12)3-4-9/h11H,5-10H2,1-4H3,(H,15,18);11,18H,4-10H2,1-3H3,(H,15,17);8,12H,1-7,10H2. The van der Waals surface area contributed by atoms with Crippen LogP contribution in [0.2, 0.25) is 0 Å². The van der Waals surface area contributed by atoms with Gasteiger partial charge in [-0.05, 0) is 126 Å².